The first kappa shape index (κ1) is 15.1. The van der Waals surface area contributed by atoms with Crippen molar-refractivity contribution in [2.45, 2.75) is 31.4 Å². The Morgan fingerprint density at radius 1 is 1.30 bits per heavy atom. The predicted molar refractivity (Wildman–Crippen MR) is 88.1 cm³/mol. The van der Waals surface area contributed by atoms with E-state index in [-0.39, 0.29) is 11.2 Å². The lowest BCUT2D eigenvalue weighted by Gasteiger charge is -2.11. The third-order valence-electron chi connectivity index (χ3n) is 3.01. The van der Waals surface area contributed by atoms with Crippen molar-refractivity contribution in [3.63, 3.8) is 0 Å². The van der Waals surface area contributed by atoms with Gasteiger partial charge in [-0.2, -0.15) is 0 Å². The van der Waals surface area contributed by atoms with Gasteiger partial charge in [-0.25, -0.2) is 0 Å². The summed E-state index contributed by atoms with van der Waals surface area (Å²) in [6, 6.07) is 12.5. The molecule has 0 bridgehead atoms. The van der Waals surface area contributed by atoms with Crippen molar-refractivity contribution in [2.24, 2.45) is 0 Å². The van der Waals surface area contributed by atoms with Crippen molar-refractivity contribution < 1.29 is 4.79 Å². The molecular weight excluding hydrogens is 286 g/mol. The molecule has 2 nitrogen and oxygen atoms in total. The van der Waals surface area contributed by atoms with Crippen LogP contribution in [0.5, 0.6) is 0 Å². The highest BCUT2D eigenvalue weighted by molar-refractivity contribution is 7.99. The van der Waals surface area contributed by atoms with Crippen molar-refractivity contribution in [3.05, 3.63) is 57.8 Å². The van der Waals surface area contributed by atoms with Gasteiger partial charge in [0.05, 0.1) is 11.8 Å². The molecule has 0 aliphatic carbocycles. The Kier molecular flexibility index (Phi) is 5.68. The number of nitrogens with one attached hydrogen (secondary N) is 1. The van der Waals surface area contributed by atoms with Crippen LogP contribution in [0.25, 0.3) is 0 Å². The fraction of sp³-hybridized carbons (Fsp3) is 0.312. The first-order valence-corrected chi connectivity index (χ1v) is 8.55. The van der Waals surface area contributed by atoms with Crippen molar-refractivity contribution >= 4 is 29.0 Å². The summed E-state index contributed by atoms with van der Waals surface area (Å²) in [6.45, 7) is 4.67. The Labute approximate surface area is 128 Å². The average molecular weight is 305 g/mol. The summed E-state index contributed by atoms with van der Waals surface area (Å²) in [5.41, 5.74) is 2.53. The molecule has 0 radical (unpaired) electrons. The maximum Gasteiger partial charge on any atom is 0.233 e. The van der Waals surface area contributed by atoms with Crippen LogP contribution in [0.15, 0.2) is 41.8 Å². The van der Waals surface area contributed by atoms with Gasteiger partial charge in [-0.15, -0.1) is 23.1 Å². The zero-order valence-corrected chi connectivity index (χ0v) is 13.4. The van der Waals surface area contributed by atoms with E-state index in [0.29, 0.717) is 6.54 Å². The molecule has 1 amide bonds. The van der Waals surface area contributed by atoms with E-state index in [1.54, 1.807) is 23.1 Å². The number of amides is 1. The number of hydrogen-bond donors (Lipinski definition) is 1. The fourth-order valence-corrected chi connectivity index (χ4v) is 3.23. The maximum atomic E-state index is 12.0. The molecule has 0 spiro atoms. The maximum absolute atomic E-state index is 12.0. The zero-order chi connectivity index (χ0) is 14.4. The Morgan fingerprint density at radius 3 is 2.70 bits per heavy atom. The van der Waals surface area contributed by atoms with E-state index in [9.17, 15) is 4.79 Å². The van der Waals surface area contributed by atoms with E-state index in [0.717, 1.165) is 5.75 Å². The number of carbonyl (C=O) groups is 1. The fourth-order valence-electron chi connectivity index (χ4n) is 1.71. The molecule has 1 aromatic carbocycles. The number of thiophene rings is 1. The van der Waals surface area contributed by atoms with Crippen molar-refractivity contribution in [2.75, 3.05) is 0 Å². The third kappa shape index (κ3) is 4.69. The summed E-state index contributed by atoms with van der Waals surface area (Å²) >= 11 is 3.34. The topological polar surface area (TPSA) is 29.1 Å². The van der Waals surface area contributed by atoms with Crippen LogP contribution in [0.3, 0.4) is 0 Å². The second-order valence-corrected chi connectivity index (χ2v) is 7.10. The molecule has 2 aromatic rings. The van der Waals surface area contributed by atoms with E-state index < -0.39 is 0 Å². The number of rotatable bonds is 6. The molecule has 1 heterocycles. The standard InChI is InChI=1S/C16H19NOS2/c1-12-5-7-14(8-6-12)11-20-13(2)16(18)17-10-15-4-3-9-19-15/h3-9,13H,10-11H2,1-2H3,(H,17,18). The van der Waals surface area contributed by atoms with Gasteiger partial charge in [0.15, 0.2) is 0 Å². The van der Waals surface area contributed by atoms with Crippen LogP contribution in [-0.2, 0) is 17.1 Å². The smallest absolute Gasteiger partial charge is 0.233 e. The van der Waals surface area contributed by atoms with Crippen molar-refractivity contribution in [3.8, 4) is 0 Å². The molecule has 1 unspecified atom stereocenters. The minimum Gasteiger partial charge on any atom is -0.350 e. The lowest BCUT2D eigenvalue weighted by Crippen LogP contribution is -2.30. The molecule has 0 saturated carbocycles. The van der Waals surface area contributed by atoms with Gasteiger partial charge in [-0.05, 0) is 30.9 Å². The molecule has 106 valence electrons. The first-order chi connectivity index (χ1) is 9.65. The molecular formula is C16H19NOS2. The van der Waals surface area contributed by atoms with Crippen LogP contribution in [0.4, 0.5) is 0 Å². The molecule has 2 rings (SSSR count). The Bertz CT molecular complexity index is 534. The van der Waals surface area contributed by atoms with Crippen molar-refractivity contribution in [1.82, 2.24) is 5.32 Å². The van der Waals surface area contributed by atoms with Crippen LogP contribution in [0, 0.1) is 6.92 Å². The highest BCUT2D eigenvalue weighted by atomic mass is 32.2. The second kappa shape index (κ2) is 7.50. The second-order valence-electron chi connectivity index (χ2n) is 4.74. The normalized spacial score (nSPS) is 12.1. The van der Waals surface area contributed by atoms with Crippen LogP contribution < -0.4 is 5.32 Å². The number of benzene rings is 1. The van der Waals surface area contributed by atoms with Gasteiger partial charge in [0, 0.05) is 10.6 Å². The summed E-state index contributed by atoms with van der Waals surface area (Å²) in [7, 11) is 0. The molecule has 0 aliphatic heterocycles. The van der Waals surface area contributed by atoms with Crippen LogP contribution in [-0.4, -0.2) is 11.2 Å². The molecule has 0 aliphatic rings. The Balaban J connectivity index is 1.74. The number of hydrogen-bond acceptors (Lipinski definition) is 3. The number of thioether (sulfide) groups is 1. The predicted octanol–water partition coefficient (Wildman–Crippen LogP) is 3.99. The lowest BCUT2D eigenvalue weighted by atomic mass is 10.2. The Morgan fingerprint density at radius 2 is 2.05 bits per heavy atom. The van der Waals surface area contributed by atoms with Gasteiger partial charge in [-0.3, -0.25) is 4.79 Å². The van der Waals surface area contributed by atoms with Gasteiger partial charge in [0.25, 0.3) is 0 Å². The molecule has 1 atom stereocenters. The lowest BCUT2D eigenvalue weighted by molar-refractivity contribution is -0.120. The molecule has 1 N–H and O–H groups in total. The van der Waals surface area contributed by atoms with Gasteiger partial charge >= 0.3 is 0 Å². The third-order valence-corrected chi connectivity index (χ3v) is 5.10. The molecule has 0 saturated heterocycles. The minimum atomic E-state index is -0.0312. The first-order valence-electron chi connectivity index (χ1n) is 6.62. The quantitative estimate of drug-likeness (QED) is 0.874. The van der Waals surface area contributed by atoms with E-state index in [2.05, 4.69) is 36.5 Å². The zero-order valence-electron chi connectivity index (χ0n) is 11.8. The monoisotopic (exact) mass is 305 g/mol. The molecule has 0 fully saturated rings. The highest BCUT2D eigenvalue weighted by Gasteiger charge is 2.13. The van der Waals surface area contributed by atoms with E-state index in [1.165, 1.54) is 16.0 Å². The average Bonchev–Trinajstić information content (AvgIpc) is 2.97. The largest absolute Gasteiger partial charge is 0.350 e. The van der Waals surface area contributed by atoms with Crippen molar-refractivity contribution in [1.29, 1.82) is 0 Å². The summed E-state index contributed by atoms with van der Waals surface area (Å²) in [4.78, 5) is 13.2. The van der Waals surface area contributed by atoms with Gasteiger partial charge in [0.2, 0.25) is 5.91 Å². The Hall–Kier alpha value is -1.26. The number of aryl methyl sites for hydroxylation is 1. The summed E-state index contributed by atoms with van der Waals surface area (Å²) in [5, 5.41) is 4.97. The van der Waals surface area contributed by atoms with Crippen LogP contribution >= 0.6 is 23.1 Å². The summed E-state index contributed by atoms with van der Waals surface area (Å²) in [6.07, 6.45) is 0. The van der Waals surface area contributed by atoms with E-state index >= 15 is 0 Å². The number of carbonyl (C=O) groups excluding carboxylic acids is 1. The van der Waals surface area contributed by atoms with Crippen LogP contribution in [0.2, 0.25) is 0 Å². The van der Waals surface area contributed by atoms with E-state index in [4.69, 9.17) is 0 Å². The molecule has 20 heavy (non-hydrogen) atoms. The van der Waals surface area contributed by atoms with E-state index in [1.807, 2.05) is 24.4 Å². The SMILES string of the molecule is Cc1ccc(CSC(C)C(=O)NCc2cccs2)cc1. The van der Waals surface area contributed by atoms with Gasteiger partial charge in [-0.1, -0.05) is 35.9 Å². The highest BCUT2D eigenvalue weighted by Crippen LogP contribution is 2.18. The summed E-state index contributed by atoms with van der Waals surface area (Å²) in [5.74, 6) is 0.976. The summed E-state index contributed by atoms with van der Waals surface area (Å²) < 4.78 is 0. The van der Waals surface area contributed by atoms with Gasteiger partial charge < -0.3 is 5.32 Å². The molecule has 1 aromatic heterocycles. The van der Waals surface area contributed by atoms with Crippen LogP contribution in [0.1, 0.15) is 22.9 Å². The molecule has 4 heteroatoms. The van der Waals surface area contributed by atoms with Gasteiger partial charge in [0.1, 0.15) is 0 Å². The minimum absolute atomic E-state index is 0.0312.